The minimum absolute atomic E-state index is 0.156. The van der Waals surface area contributed by atoms with Crippen molar-refractivity contribution in [2.24, 2.45) is 5.73 Å². The number of para-hydroxylation sites is 1. The number of hydrogen-bond acceptors (Lipinski definition) is 6. The number of carbonyl (C=O) groups is 3. The smallest absolute Gasteiger partial charge is 0.290 e. The van der Waals surface area contributed by atoms with Gasteiger partial charge in [-0.05, 0) is 42.4 Å². The molecule has 8 heteroatoms. The zero-order valence-electron chi connectivity index (χ0n) is 14.4. The van der Waals surface area contributed by atoms with E-state index in [9.17, 15) is 14.4 Å². The second-order valence-corrected chi connectivity index (χ2v) is 7.19. The minimum atomic E-state index is -0.356. The molecule has 0 saturated carbocycles. The molecule has 138 valence electrons. The lowest BCUT2D eigenvalue weighted by atomic mass is 10.1. The molecule has 3 N–H and O–H groups in total. The van der Waals surface area contributed by atoms with Gasteiger partial charge in [0.15, 0.2) is 0 Å². The van der Waals surface area contributed by atoms with Crippen LogP contribution in [0, 0.1) is 0 Å². The number of nitrogens with two attached hydrogens (primary N) is 1. The van der Waals surface area contributed by atoms with Gasteiger partial charge in [-0.3, -0.25) is 19.7 Å². The van der Waals surface area contributed by atoms with Crippen molar-refractivity contribution in [2.45, 2.75) is 12.8 Å². The maximum absolute atomic E-state index is 12.1. The second kappa shape index (κ2) is 8.37. The van der Waals surface area contributed by atoms with Crippen LogP contribution in [0.5, 0.6) is 0 Å². The van der Waals surface area contributed by atoms with E-state index < -0.39 is 0 Å². The number of rotatable bonds is 5. The first-order valence-electron chi connectivity index (χ1n) is 8.65. The van der Waals surface area contributed by atoms with Gasteiger partial charge in [-0.15, -0.1) is 0 Å². The van der Waals surface area contributed by atoms with Crippen molar-refractivity contribution < 1.29 is 14.4 Å². The van der Waals surface area contributed by atoms with Crippen LogP contribution >= 0.6 is 11.8 Å². The lowest BCUT2D eigenvalue weighted by Gasteiger charge is -2.37. The van der Waals surface area contributed by atoms with Crippen molar-refractivity contribution in [1.29, 1.82) is 0 Å². The highest BCUT2D eigenvalue weighted by Gasteiger charge is 2.26. The fourth-order valence-electron chi connectivity index (χ4n) is 3.07. The first-order valence-corrected chi connectivity index (χ1v) is 9.47. The fourth-order valence-corrected chi connectivity index (χ4v) is 3.74. The molecule has 2 aliphatic rings. The molecule has 0 bridgehead atoms. The highest BCUT2D eigenvalue weighted by atomic mass is 32.2. The molecule has 3 amide bonds. The largest absolute Gasteiger partial charge is 0.367 e. The number of imide groups is 1. The number of carbonyl (C=O) groups excluding carboxylic acids is 3. The lowest BCUT2D eigenvalue weighted by molar-refractivity contribution is -0.131. The Labute approximate surface area is 156 Å². The number of nitrogens with zero attached hydrogens (tertiary/aromatic N) is 2. The Morgan fingerprint density at radius 1 is 1.19 bits per heavy atom. The van der Waals surface area contributed by atoms with Gasteiger partial charge in [-0.2, -0.15) is 0 Å². The van der Waals surface area contributed by atoms with E-state index in [1.54, 1.807) is 6.08 Å². The predicted octanol–water partition coefficient (Wildman–Crippen LogP) is 1.40. The fraction of sp³-hybridized carbons (Fsp3) is 0.389. The predicted molar refractivity (Wildman–Crippen MR) is 103 cm³/mol. The summed E-state index contributed by atoms with van der Waals surface area (Å²) in [5.41, 5.74) is 7.36. The number of hydrogen-bond donors (Lipinski definition) is 2. The Morgan fingerprint density at radius 3 is 2.58 bits per heavy atom. The highest BCUT2D eigenvalue weighted by molar-refractivity contribution is 8.18. The third-order valence-electron chi connectivity index (χ3n) is 4.43. The molecule has 0 radical (unpaired) electrons. The molecule has 0 spiro atoms. The van der Waals surface area contributed by atoms with Gasteiger partial charge in [0, 0.05) is 38.3 Å². The molecule has 7 nitrogen and oxygen atoms in total. The quantitative estimate of drug-likeness (QED) is 0.757. The maximum atomic E-state index is 12.1. The van der Waals surface area contributed by atoms with E-state index in [2.05, 4.69) is 10.2 Å². The number of anilines is 1. The van der Waals surface area contributed by atoms with E-state index in [-0.39, 0.29) is 17.1 Å². The van der Waals surface area contributed by atoms with Crippen molar-refractivity contribution >= 4 is 40.6 Å². The molecule has 1 aromatic rings. The van der Waals surface area contributed by atoms with Crippen molar-refractivity contribution in [3.8, 4) is 0 Å². The molecule has 2 fully saturated rings. The zero-order valence-corrected chi connectivity index (χ0v) is 15.3. The standard InChI is InChI=1S/C18H22N4O3S/c19-7-3-6-16(23)22-10-8-21(9-11-22)14-5-2-1-4-13(14)12-15-17(24)20-18(25)26-15/h1-2,4-5,12H,3,6-11,19H2,(H,20,24,25)/b15-12-. The van der Waals surface area contributed by atoms with Crippen LogP contribution < -0.4 is 16.0 Å². The Balaban J connectivity index is 1.70. The van der Waals surface area contributed by atoms with E-state index >= 15 is 0 Å². The molecule has 2 heterocycles. The van der Waals surface area contributed by atoms with Gasteiger partial charge in [-0.1, -0.05) is 18.2 Å². The van der Waals surface area contributed by atoms with Crippen LogP contribution in [0.3, 0.4) is 0 Å². The average Bonchev–Trinajstić information content (AvgIpc) is 2.97. The monoisotopic (exact) mass is 374 g/mol. The van der Waals surface area contributed by atoms with Gasteiger partial charge >= 0.3 is 0 Å². The number of benzene rings is 1. The van der Waals surface area contributed by atoms with Gasteiger partial charge in [0.2, 0.25) is 5.91 Å². The molecule has 0 atom stereocenters. The summed E-state index contributed by atoms with van der Waals surface area (Å²) in [6, 6.07) is 7.78. The van der Waals surface area contributed by atoms with Gasteiger partial charge in [-0.25, -0.2) is 0 Å². The van der Waals surface area contributed by atoms with Crippen molar-refractivity contribution in [1.82, 2.24) is 10.2 Å². The SMILES string of the molecule is NCCCC(=O)N1CCN(c2ccccc2/C=C2\SC(=O)NC2=O)CC1. The third kappa shape index (κ3) is 4.25. The van der Waals surface area contributed by atoms with Gasteiger partial charge in [0.05, 0.1) is 4.91 Å². The van der Waals surface area contributed by atoms with Gasteiger partial charge < -0.3 is 15.5 Å². The van der Waals surface area contributed by atoms with E-state index in [4.69, 9.17) is 5.73 Å². The summed E-state index contributed by atoms with van der Waals surface area (Å²) in [6.07, 6.45) is 2.96. The lowest BCUT2D eigenvalue weighted by Crippen LogP contribution is -2.49. The second-order valence-electron chi connectivity index (χ2n) is 6.17. The van der Waals surface area contributed by atoms with Crippen LogP contribution in [-0.2, 0) is 9.59 Å². The Bertz CT molecular complexity index is 742. The number of nitrogens with one attached hydrogen (secondary N) is 1. The molecular weight excluding hydrogens is 352 g/mol. The number of thioether (sulfide) groups is 1. The first kappa shape index (κ1) is 18.5. The van der Waals surface area contributed by atoms with Crippen molar-refractivity contribution in [2.75, 3.05) is 37.6 Å². The minimum Gasteiger partial charge on any atom is -0.367 e. The Morgan fingerprint density at radius 2 is 1.92 bits per heavy atom. The van der Waals surface area contributed by atoms with Crippen LogP contribution in [-0.4, -0.2) is 54.7 Å². The topological polar surface area (TPSA) is 95.7 Å². The number of amides is 3. The summed E-state index contributed by atoms with van der Waals surface area (Å²) in [6.45, 7) is 3.32. The summed E-state index contributed by atoms with van der Waals surface area (Å²) in [4.78, 5) is 39.8. The van der Waals surface area contributed by atoms with Gasteiger partial charge in [0.1, 0.15) is 0 Å². The van der Waals surface area contributed by atoms with E-state index in [1.165, 1.54) is 0 Å². The van der Waals surface area contributed by atoms with Crippen LogP contribution in [0.15, 0.2) is 29.2 Å². The summed E-state index contributed by atoms with van der Waals surface area (Å²) in [5, 5.41) is 1.93. The molecule has 3 rings (SSSR count). The van der Waals surface area contributed by atoms with Gasteiger partial charge in [0.25, 0.3) is 11.1 Å². The number of piperazine rings is 1. The molecule has 0 aromatic heterocycles. The van der Waals surface area contributed by atoms with Crippen LogP contribution in [0.25, 0.3) is 6.08 Å². The Hall–Kier alpha value is -2.32. The van der Waals surface area contributed by atoms with E-state index in [0.717, 1.165) is 36.1 Å². The first-order chi connectivity index (χ1) is 12.6. The summed E-state index contributed by atoms with van der Waals surface area (Å²) >= 11 is 0.916. The van der Waals surface area contributed by atoms with Crippen LogP contribution in [0.2, 0.25) is 0 Å². The summed E-state index contributed by atoms with van der Waals surface area (Å²) in [5.74, 6) is -0.201. The van der Waals surface area contributed by atoms with Crippen molar-refractivity contribution in [3.63, 3.8) is 0 Å². The highest BCUT2D eigenvalue weighted by Crippen LogP contribution is 2.30. The average molecular weight is 374 g/mol. The molecular formula is C18H22N4O3S. The van der Waals surface area contributed by atoms with E-state index in [1.807, 2.05) is 29.2 Å². The molecule has 0 aliphatic carbocycles. The molecule has 2 saturated heterocycles. The summed E-state index contributed by atoms with van der Waals surface area (Å²) in [7, 11) is 0. The zero-order chi connectivity index (χ0) is 18.5. The molecule has 2 aliphatic heterocycles. The van der Waals surface area contributed by atoms with Crippen LogP contribution in [0.4, 0.5) is 10.5 Å². The van der Waals surface area contributed by atoms with E-state index in [0.29, 0.717) is 37.4 Å². The molecule has 0 unspecified atom stereocenters. The van der Waals surface area contributed by atoms with Crippen molar-refractivity contribution in [3.05, 3.63) is 34.7 Å². The summed E-state index contributed by atoms with van der Waals surface area (Å²) < 4.78 is 0. The molecule has 1 aromatic carbocycles. The van der Waals surface area contributed by atoms with Crippen LogP contribution in [0.1, 0.15) is 18.4 Å². The maximum Gasteiger partial charge on any atom is 0.290 e. The normalized spacial score (nSPS) is 19.2. The Kier molecular flexibility index (Phi) is 5.95. The molecule has 26 heavy (non-hydrogen) atoms. The third-order valence-corrected chi connectivity index (χ3v) is 5.24.